The number of hydrogen-bond donors (Lipinski definition) is 2. The van der Waals surface area contributed by atoms with Gasteiger partial charge in [0, 0.05) is 42.8 Å². The SMILES string of the molecule is Cn1cc(C/C=C\N=C/C(C)(C)/C=C/C(=O)Nc2cccc(CO)c2)cn1. The van der Waals surface area contributed by atoms with E-state index in [2.05, 4.69) is 15.4 Å². The van der Waals surface area contributed by atoms with E-state index in [1.807, 2.05) is 39.4 Å². The summed E-state index contributed by atoms with van der Waals surface area (Å²) in [5.41, 5.74) is 2.18. The maximum Gasteiger partial charge on any atom is 0.248 e. The molecule has 0 unspecified atom stereocenters. The second kappa shape index (κ2) is 9.64. The summed E-state index contributed by atoms with van der Waals surface area (Å²) in [4.78, 5) is 16.4. The number of aromatic nitrogens is 2. The molecule has 0 atom stereocenters. The lowest BCUT2D eigenvalue weighted by Gasteiger charge is -2.12. The van der Waals surface area contributed by atoms with Crippen LogP contribution in [0.25, 0.3) is 0 Å². The number of benzene rings is 1. The van der Waals surface area contributed by atoms with Gasteiger partial charge < -0.3 is 10.4 Å². The summed E-state index contributed by atoms with van der Waals surface area (Å²) in [7, 11) is 1.89. The number of aliphatic hydroxyl groups is 1. The Morgan fingerprint density at radius 1 is 1.37 bits per heavy atom. The largest absolute Gasteiger partial charge is 0.392 e. The van der Waals surface area contributed by atoms with E-state index in [1.165, 1.54) is 6.08 Å². The minimum absolute atomic E-state index is 0.0582. The van der Waals surface area contributed by atoms with Crippen LogP contribution >= 0.6 is 0 Å². The molecule has 0 aliphatic carbocycles. The number of hydrogen-bond acceptors (Lipinski definition) is 4. The monoisotopic (exact) mass is 366 g/mol. The van der Waals surface area contributed by atoms with Crippen molar-refractivity contribution >= 4 is 17.8 Å². The van der Waals surface area contributed by atoms with E-state index >= 15 is 0 Å². The van der Waals surface area contributed by atoms with E-state index in [4.69, 9.17) is 5.11 Å². The molecule has 27 heavy (non-hydrogen) atoms. The van der Waals surface area contributed by atoms with Crippen molar-refractivity contribution in [2.24, 2.45) is 17.5 Å². The van der Waals surface area contributed by atoms with Crippen LogP contribution in [0.4, 0.5) is 5.69 Å². The fraction of sp³-hybridized carbons (Fsp3) is 0.286. The fourth-order valence-corrected chi connectivity index (χ4v) is 2.33. The molecule has 1 aromatic heterocycles. The molecule has 6 heteroatoms. The molecule has 1 heterocycles. The minimum atomic E-state index is -0.358. The van der Waals surface area contributed by atoms with Crippen LogP contribution in [-0.4, -0.2) is 27.0 Å². The number of rotatable bonds is 8. The Kier molecular flexibility index (Phi) is 7.25. The van der Waals surface area contributed by atoms with Gasteiger partial charge in [-0.25, -0.2) is 0 Å². The van der Waals surface area contributed by atoms with Crippen LogP contribution < -0.4 is 5.32 Å². The highest BCUT2D eigenvalue weighted by Crippen LogP contribution is 2.15. The minimum Gasteiger partial charge on any atom is -0.392 e. The third kappa shape index (κ3) is 7.42. The van der Waals surface area contributed by atoms with Crippen LogP contribution in [0.2, 0.25) is 0 Å². The Labute approximate surface area is 159 Å². The summed E-state index contributed by atoms with van der Waals surface area (Å²) in [5, 5.41) is 16.0. The zero-order valence-electron chi connectivity index (χ0n) is 16.0. The number of nitrogens with one attached hydrogen (secondary N) is 1. The summed E-state index contributed by atoms with van der Waals surface area (Å²) in [5.74, 6) is -0.223. The van der Waals surface area contributed by atoms with E-state index in [9.17, 15) is 4.79 Å². The van der Waals surface area contributed by atoms with Gasteiger partial charge in [0.1, 0.15) is 0 Å². The van der Waals surface area contributed by atoms with Gasteiger partial charge in [0.25, 0.3) is 0 Å². The molecule has 0 saturated heterocycles. The van der Waals surface area contributed by atoms with Gasteiger partial charge >= 0.3 is 0 Å². The number of anilines is 1. The first-order valence-electron chi connectivity index (χ1n) is 8.75. The second-order valence-electron chi connectivity index (χ2n) is 6.89. The number of aryl methyl sites for hydroxylation is 1. The highest BCUT2D eigenvalue weighted by molar-refractivity contribution is 5.99. The molecule has 0 aliphatic rings. The number of amides is 1. The van der Waals surface area contributed by atoms with Crippen LogP contribution in [0.3, 0.4) is 0 Å². The Hall–Kier alpha value is -2.99. The lowest BCUT2D eigenvalue weighted by molar-refractivity contribution is -0.111. The van der Waals surface area contributed by atoms with Crippen molar-refractivity contribution in [1.82, 2.24) is 9.78 Å². The van der Waals surface area contributed by atoms with Crippen molar-refractivity contribution in [3.63, 3.8) is 0 Å². The number of carbonyl (C=O) groups excluding carboxylic acids is 1. The molecule has 2 N–H and O–H groups in total. The molecule has 1 aromatic carbocycles. The van der Waals surface area contributed by atoms with Crippen molar-refractivity contribution in [1.29, 1.82) is 0 Å². The number of carbonyl (C=O) groups is 1. The van der Waals surface area contributed by atoms with E-state index < -0.39 is 0 Å². The molecule has 0 fully saturated rings. The Morgan fingerprint density at radius 3 is 2.89 bits per heavy atom. The third-order valence-electron chi connectivity index (χ3n) is 3.75. The third-order valence-corrected chi connectivity index (χ3v) is 3.75. The van der Waals surface area contributed by atoms with E-state index in [0.29, 0.717) is 5.69 Å². The number of nitrogens with zero attached hydrogens (tertiary/aromatic N) is 3. The lowest BCUT2D eigenvalue weighted by Crippen LogP contribution is -2.13. The predicted octanol–water partition coefficient (Wildman–Crippen LogP) is 3.26. The molecule has 0 spiro atoms. The molecule has 2 rings (SSSR count). The predicted molar refractivity (Wildman–Crippen MR) is 108 cm³/mol. The summed E-state index contributed by atoms with van der Waals surface area (Å²) >= 11 is 0. The van der Waals surface area contributed by atoms with Crippen molar-refractivity contribution < 1.29 is 9.90 Å². The summed E-state index contributed by atoms with van der Waals surface area (Å²) < 4.78 is 1.77. The number of aliphatic imine (C=N–C) groups is 1. The van der Waals surface area contributed by atoms with E-state index in [0.717, 1.165) is 17.5 Å². The normalized spacial score (nSPS) is 12.4. The quantitative estimate of drug-likeness (QED) is 0.556. The lowest BCUT2D eigenvalue weighted by atomic mass is 9.95. The van der Waals surface area contributed by atoms with Gasteiger partial charge in [-0.3, -0.25) is 14.5 Å². The van der Waals surface area contributed by atoms with Crippen LogP contribution in [0.15, 0.2) is 66.1 Å². The Balaban J connectivity index is 1.84. The molecule has 1 amide bonds. The summed E-state index contributed by atoms with van der Waals surface area (Å²) in [6.45, 7) is 3.89. The summed E-state index contributed by atoms with van der Waals surface area (Å²) in [6, 6.07) is 7.11. The molecule has 0 bridgehead atoms. The van der Waals surface area contributed by atoms with Gasteiger partial charge in [0.05, 0.1) is 12.8 Å². The first-order valence-corrected chi connectivity index (χ1v) is 8.75. The van der Waals surface area contributed by atoms with Crippen molar-refractivity contribution in [3.8, 4) is 0 Å². The Bertz CT molecular complexity index is 847. The van der Waals surface area contributed by atoms with E-state index in [-0.39, 0.29) is 17.9 Å². The number of aliphatic hydroxyl groups excluding tert-OH is 1. The smallest absolute Gasteiger partial charge is 0.248 e. The van der Waals surface area contributed by atoms with Gasteiger partial charge in [-0.05, 0) is 29.7 Å². The van der Waals surface area contributed by atoms with Gasteiger partial charge in [0.2, 0.25) is 5.91 Å². The Morgan fingerprint density at radius 2 is 2.19 bits per heavy atom. The molecule has 142 valence electrons. The second-order valence-corrected chi connectivity index (χ2v) is 6.89. The van der Waals surface area contributed by atoms with Crippen molar-refractivity contribution in [3.05, 3.63) is 72.2 Å². The van der Waals surface area contributed by atoms with Crippen molar-refractivity contribution in [2.45, 2.75) is 26.9 Å². The number of allylic oxidation sites excluding steroid dienone is 2. The molecule has 0 radical (unpaired) electrons. The van der Waals surface area contributed by atoms with Crippen LogP contribution in [0.1, 0.15) is 25.0 Å². The molecular weight excluding hydrogens is 340 g/mol. The maximum absolute atomic E-state index is 12.1. The molecule has 0 saturated carbocycles. The molecule has 6 nitrogen and oxygen atoms in total. The van der Waals surface area contributed by atoms with E-state index in [1.54, 1.807) is 47.4 Å². The van der Waals surface area contributed by atoms with Gasteiger partial charge in [-0.2, -0.15) is 5.10 Å². The zero-order chi connectivity index (χ0) is 19.7. The highest BCUT2D eigenvalue weighted by Gasteiger charge is 2.10. The molecule has 0 aliphatic heterocycles. The zero-order valence-corrected chi connectivity index (χ0v) is 16.0. The fourth-order valence-electron chi connectivity index (χ4n) is 2.33. The van der Waals surface area contributed by atoms with Gasteiger partial charge in [-0.15, -0.1) is 0 Å². The topological polar surface area (TPSA) is 79.5 Å². The summed E-state index contributed by atoms with van der Waals surface area (Å²) in [6.07, 6.45) is 13.4. The highest BCUT2D eigenvalue weighted by atomic mass is 16.3. The standard InChI is InChI=1S/C21H26N4O2/c1-21(2,16-22-11-5-7-18-13-23-25(3)14-18)10-9-20(27)24-19-8-4-6-17(12-19)15-26/h4-6,8-14,16,26H,7,15H2,1-3H3,(H,24,27)/b10-9+,11-5-,22-16-. The first kappa shape index (κ1) is 20.3. The van der Waals surface area contributed by atoms with Crippen molar-refractivity contribution in [2.75, 3.05) is 5.32 Å². The van der Waals surface area contributed by atoms with Crippen LogP contribution in [-0.2, 0) is 24.9 Å². The van der Waals surface area contributed by atoms with Crippen LogP contribution in [0, 0.1) is 5.41 Å². The maximum atomic E-state index is 12.1. The molecule has 2 aromatic rings. The van der Waals surface area contributed by atoms with Crippen LogP contribution in [0.5, 0.6) is 0 Å². The molecular formula is C21H26N4O2. The average molecular weight is 366 g/mol. The average Bonchev–Trinajstić information content (AvgIpc) is 3.05. The van der Waals surface area contributed by atoms with Gasteiger partial charge in [0.15, 0.2) is 0 Å². The van der Waals surface area contributed by atoms with Gasteiger partial charge in [-0.1, -0.05) is 38.1 Å². The first-order chi connectivity index (χ1) is 12.9.